The van der Waals surface area contributed by atoms with Crippen LogP contribution in [0, 0.1) is 0 Å². The number of nitrogen functional groups attached to an aromatic ring is 1. The van der Waals surface area contributed by atoms with Gasteiger partial charge in [-0.1, -0.05) is 32.0 Å². The summed E-state index contributed by atoms with van der Waals surface area (Å²) in [6.45, 7) is 5.37. The van der Waals surface area contributed by atoms with Crippen molar-refractivity contribution in [3.8, 4) is 5.75 Å². The summed E-state index contributed by atoms with van der Waals surface area (Å²) in [5.74, 6) is 1.32. The molecule has 3 heteroatoms. The van der Waals surface area contributed by atoms with Crippen molar-refractivity contribution >= 4 is 11.4 Å². The fraction of sp³-hybridized carbons (Fsp3) is 0.368. The van der Waals surface area contributed by atoms with E-state index in [9.17, 15) is 0 Å². The van der Waals surface area contributed by atoms with Crippen LogP contribution in [-0.4, -0.2) is 13.7 Å². The molecule has 0 aliphatic rings. The number of methoxy groups -OCH3 is 1. The second-order valence-electron chi connectivity index (χ2n) is 5.88. The van der Waals surface area contributed by atoms with Crippen molar-refractivity contribution in [2.75, 3.05) is 24.7 Å². The maximum Gasteiger partial charge on any atom is 0.141 e. The van der Waals surface area contributed by atoms with Crippen LogP contribution in [0.4, 0.5) is 11.4 Å². The molecule has 2 aromatic carbocycles. The number of aryl methyl sites for hydroxylation is 1. The Morgan fingerprint density at radius 3 is 2.41 bits per heavy atom. The molecule has 0 bridgehead atoms. The topological polar surface area (TPSA) is 47.3 Å². The maximum absolute atomic E-state index is 5.93. The second kappa shape index (κ2) is 7.74. The van der Waals surface area contributed by atoms with Gasteiger partial charge >= 0.3 is 0 Å². The molecule has 0 fully saturated rings. The van der Waals surface area contributed by atoms with Crippen LogP contribution in [0.1, 0.15) is 37.3 Å². The van der Waals surface area contributed by atoms with E-state index in [-0.39, 0.29) is 0 Å². The lowest BCUT2D eigenvalue weighted by Crippen LogP contribution is -2.03. The minimum absolute atomic E-state index is 0.578. The van der Waals surface area contributed by atoms with Crippen LogP contribution < -0.4 is 15.8 Å². The zero-order valence-electron chi connectivity index (χ0n) is 13.7. The fourth-order valence-corrected chi connectivity index (χ4v) is 2.45. The van der Waals surface area contributed by atoms with Gasteiger partial charge in [0, 0.05) is 12.2 Å². The highest BCUT2D eigenvalue weighted by atomic mass is 16.5. The Bertz CT molecular complexity index is 591. The molecule has 2 rings (SSSR count). The van der Waals surface area contributed by atoms with E-state index in [1.54, 1.807) is 7.11 Å². The van der Waals surface area contributed by atoms with E-state index < -0.39 is 0 Å². The van der Waals surface area contributed by atoms with Crippen molar-refractivity contribution in [3.05, 3.63) is 53.6 Å². The summed E-state index contributed by atoms with van der Waals surface area (Å²) < 4.78 is 5.17. The molecule has 2 aromatic rings. The van der Waals surface area contributed by atoms with E-state index in [2.05, 4.69) is 49.5 Å². The van der Waals surface area contributed by atoms with E-state index in [1.807, 2.05) is 12.1 Å². The van der Waals surface area contributed by atoms with E-state index in [4.69, 9.17) is 10.5 Å². The Morgan fingerprint density at radius 2 is 1.82 bits per heavy atom. The monoisotopic (exact) mass is 298 g/mol. The van der Waals surface area contributed by atoms with E-state index in [0.717, 1.165) is 25.1 Å². The van der Waals surface area contributed by atoms with Gasteiger partial charge in [0.2, 0.25) is 0 Å². The molecule has 0 saturated heterocycles. The number of nitrogens with two attached hydrogens (primary N) is 1. The Morgan fingerprint density at radius 1 is 1.09 bits per heavy atom. The Balaban J connectivity index is 1.78. The van der Waals surface area contributed by atoms with Crippen molar-refractivity contribution in [1.29, 1.82) is 0 Å². The molecule has 22 heavy (non-hydrogen) atoms. The molecule has 0 aromatic heterocycles. The Labute approximate surface area is 133 Å². The van der Waals surface area contributed by atoms with Crippen molar-refractivity contribution in [3.63, 3.8) is 0 Å². The molecule has 0 radical (unpaired) electrons. The zero-order chi connectivity index (χ0) is 15.9. The van der Waals surface area contributed by atoms with Crippen LogP contribution >= 0.6 is 0 Å². The highest BCUT2D eigenvalue weighted by Crippen LogP contribution is 2.22. The molecule has 3 nitrogen and oxygen atoms in total. The molecule has 0 spiro atoms. The molecule has 0 unspecified atom stereocenters. The Hall–Kier alpha value is -2.16. The van der Waals surface area contributed by atoms with Gasteiger partial charge in [0.05, 0.1) is 12.8 Å². The summed E-state index contributed by atoms with van der Waals surface area (Å²) in [7, 11) is 1.64. The lowest BCUT2D eigenvalue weighted by Gasteiger charge is -2.10. The molecular weight excluding hydrogens is 272 g/mol. The SMILES string of the molecule is COc1ccc(CCCNc2ccc(C(C)C)cc2)cc1N. The highest BCUT2D eigenvalue weighted by molar-refractivity contribution is 5.54. The van der Waals surface area contributed by atoms with Crippen LogP contribution in [0.2, 0.25) is 0 Å². The average Bonchev–Trinajstić information content (AvgIpc) is 2.52. The van der Waals surface area contributed by atoms with Crippen molar-refractivity contribution in [2.24, 2.45) is 0 Å². The molecule has 3 N–H and O–H groups in total. The van der Waals surface area contributed by atoms with Crippen molar-refractivity contribution in [1.82, 2.24) is 0 Å². The maximum atomic E-state index is 5.93. The summed E-state index contributed by atoms with van der Waals surface area (Å²) in [5, 5.41) is 3.46. The first kappa shape index (κ1) is 16.2. The fourth-order valence-electron chi connectivity index (χ4n) is 2.45. The van der Waals surface area contributed by atoms with Crippen LogP contribution in [0.25, 0.3) is 0 Å². The van der Waals surface area contributed by atoms with Gasteiger partial charge in [-0.2, -0.15) is 0 Å². The number of ether oxygens (including phenoxy) is 1. The quantitative estimate of drug-likeness (QED) is 0.586. The number of hydrogen-bond donors (Lipinski definition) is 2. The highest BCUT2D eigenvalue weighted by Gasteiger charge is 2.01. The third kappa shape index (κ3) is 4.42. The summed E-state index contributed by atoms with van der Waals surface area (Å²) >= 11 is 0. The van der Waals surface area contributed by atoms with Gasteiger partial charge in [0.1, 0.15) is 5.75 Å². The lowest BCUT2D eigenvalue weighted by atomic mass is 10.0. The number of benzene rings is 2. The summed E-state index contributed by atoms with van der Waals surface area (Å²) in [4.78, 5) is 0. The van der Waals surface area contributed by atoms with Gasteiger partial charge in [-0.3, -0.25) is 0 Å². The van der Waals surface area contributed by atoms with Gasteiger partial charge in [0.25, 0.3) is 0 Å². The van der Waals surface area contributed by atoms with Crippen molar-refractivity contribution in [2.45, 2.75) is 32.6 Å². The molecule has 0 aliphatic heterocycles. The first-order valence-corrected chi connectivity index (χ1v) is 7.86. The third-order valence-electron chi connectivity index (χ3n) is 3.84. The Kier molecular flexibility index (Phi) is 5.70. The van der Waals surface area contributed by atoms with E-state index in [0.29, 0.717) is 11.6 Å². The third-order valence-corrected chi connectivity index (χ3v) is 3.84. The van der Waals surface area contributed by atoms with Gasteiger partial charge in [-0.25, -0.2) is 0 Å². The van der Waals surface area contributed by atoms with Gasteiger partial charge in [-0.15, -0.1) is 0 Å². The minimum atomic E-state index is 0.578. The predicted octanol–water partition coefficient (Wildman–Crippen LogP) is 4.45. The number of hydrogen-bond acceptors (Lipinski definition) is 3. The zero-order valence-corrected chi connectivity index (χ0v) is 13.7. The standard InChI is InChI=1S/C19H26N2O/c1-14(2)16-7-9-17(10-8-16)21-12-4-5-15-6-11-19(22-3)18(20)13-15/h6-11,13-14,21H,4-5,12,20H2,1-3H3. The van der Waals surface area contributed by atoms with Gasteiger partial charge in [0.15, 0.2) is 0 Å². The average molecular weight is 298 g/mol. The summed E-state index contributed by atoms with van der Waals surface area (Å²) in [5.41, 5.74) is 10.4. The summed E-state index contributed by atoms with van der Waals surface area (Å²) in [6, 6.07) is 14.7. The first-order chi connectivity index (χ1) is 10.6. The second-order valence-corrected chi connectivity index (χ2v) is 5.88. The molecule has 0 saturated carbocycles. The number of nitrogens with one attached hydrogen (secondary N) is 1. The van der Waals surface area contributed by atoms with Crippen LogP contribution in [-0.2, 0) is 6.42 Å². The molecule has 0 atom stereocenters. The molecular formula is C19H26N2O. The predicted molar refractivity (Wildman–Crippen MR) is 94.7 cm³/mol. The largest absolute Gasteiger partial charge is 0.495 e. The molecule has 118 valence electrons. The van der Waals surface area contributed by atoms with Crippen LogP contribution in [0.15, 0.2) is 42.5 Å². The molecule has 0 heterocycles. The first-order valence-electron chi connectivity index (χ1n) is 7.86. The van der Waals surface area contributed by atoms with Crippen LogP contribution in [0.3, 0.4) is 0 Å². The van der Waals surface area contributed by atoms with Crippen molar-refractivity contribution < 1.29 is 4.74 Å². The number of anilines is 2. The smallest absolute Gasteiger partial charge is 0.141 e. The minimum Gasteiger partial charge on any atom is -0.495 e. The molecule has 0 amide bonds. The van der Waals surface area contributed by atoms with Crippen LogP contribution in [0.5, 0.6) is 5.75 Å². The van der Waals surface area contributed by atoms with Gasteiger partial charge in [-0.05, 0) is 54.2 Å². The normalized spacial score (nSPS) is 10.7. The van der Waals surface area contributed by atoms with E-state index in [1.165, 1.54) is 16.8 Å². The lowest BCUT2D eigenvalue weighted by molar-refractivity contribution is 0.417. The number of rotatable bonds is 7. The summed E-state index contributed by atoms with van der Waals surface area (Å²) in [6.07, 6.45) is 2.07. The molecule has 0 aliphatic carbocycles. The van der Waals surface area contributed by atoms with Gasteiger partial charge < -0.3 is 15.8 Å². The van der Waals surface area contributed by atoms with E-state index >= 15 is 0 Å².